The van der Waals surface area contributed by atoms with E-state index in [2.05, 4.69) is 26.0 Å². The highest BCUT2D eigenvalue weighted by atomic mass is 32.2. The first-order chi connectivity index (χ1) is 9.20. The molecule has 0 saturated heterocycles. The second-order valence-electron chi connectivity index (χ2n) is 4.14. The average molecular weight is 277 g/mol. The van der Waals surface area contributed by atoms with Crippen LogP contribution in [0, 0.1) is 0 Å². The molecule has 0 unspecified atom stereocenters. The lowest BCUT2D eigenvalue weighted by Crippen LogP contribution is -2.25. The lowest BCUT2D eigenvalue weighted by molar-refractivity contribution is 0.0954. The summed E-state index contributed by atoms with van der Waals surface area (Å²) in [6.07, 6.45) is 0.851. The minimum absolute atomic E-state index is 0.0444. The SMILES string of the molecule is CC1(SCCCNC(=O)c2ccccc2)N=NN=N1. The molecule has 0 spiro atoms. The second-order valence-corrected chi connectivity index (χ2v) is 5.61. The molecule has 7 heteroatoms. The van der Waals surface area contributed by atoms with Crippen LogP contribution in [0.15, 0.2) is 51.0 Å². The van der Waals surface area contributed by atoms with E-state index >= 15 is 0 Å². The van der Waals surface area contributed by atoms with E-state index in [1.54, 1.807) is 23.9 Å². The molecular formula is C12H15N5OS. The summed E-state index contributed by atoms with van der Waals surface area (Å²) >= 11 is 1.56. The number of nitrogens with zero attached hydrogens (tertiary/aromatic N) is 4. The van der Waals surface area contributed by atoms with Gasteiger partial charge in [0.15, 0.2) is 0 Å². The molecule has 0 radical (unpaired) electrons. The molecule has 1 N–H and O–H groups in total. The van der Waals surface area contributed by atoms with Gasteiger partial charge in [0, 0.05) is 12.1 Å². The summed E-state index contributed by atoms with van der Waals surface area (Å²) in [7, 11) is 0. The van der Waals surface area contributed by atoms with Gasteiger partial charge in [0.05, 0.1) is 0 Å². The Hall–Kier alpha value is -1.76. The molecule has 1 aromatic carbocycles. The predicted molar refractivity (Wildman–Crippen MR) is 74.0 cm³/mol. The third-order valence-corrected chi connectivity index (χ3v) is 3.72. The quantitative estimate of drug-likeness (QED) is 0.811. The van der Waals surface area contributed by atoms with Crippen LogP contribution in [0.25, 0.3) is 0 Å². The number of hydrogen-bond donors (Lipinski definition) is 1. The van der Waals surface area contributed by atoms with Gasteiger partial charge in [-0.3, -0.25) is 4.79 Å². The Labute approximate surface area is 115 Å². The monoisotopic (exact) mass is 277 g/mol. The van der Waals surface area contributed by atoms with Gasteiger partial charge in [-0.05, 0) is 41.7 Å². The van der Waals surface area contributed by atoms with Crippen molar-refractivity contribution in [1.82, 2.24) is 5.32 Å². The maximum atomic E-state index is 11.7. The maximum absolute atomic E-state index is 11.7. The summed E-state index contributed by atoms with van der Waals surface area (Å²) in [4.78, 5) is 11.2. The van der Waals surface area contributed by atoms with Crippen molar-refractivity contribution in [3.05, 3.63) is 35.9 Å². The summed E-state index contributed by atoms with van der Waals surface area (Å²) in [5, 5.41) is 17.7. The van der Waals surface area contributed by atoms with Gasteiger partial charge in [-0.1, -0.05) is 18.2 Å². The molecule has 19 heavy (non-hydrogen) atoms. The van der Waals surface area contributed by atoms with Gasteiger partial charge >= 0.3 is 0 Å². The highest BCUT2D eigenvalue weighted by Gasteiger charge is 2.26. The molecular weight excluding hydrogens is 262 g/mol. The van der Waals surface area contributed by atoms with E-state index in [9.17, 15) is 4.79 Å². The number of carbonyl (C=O) groups excluding carboxylic acids is 1. The summed E-state index contributed by atoms with van der Waals surface area (Å²) in [5.41, 5.74) is 0.681. The fourth-order valence-electron chi connectivity index (χ4n) is 1.51. The van der Waals surface area contributed by atoms with E-state index in [1.807, 2.05) is 25.1 Å². The van der Waals surface area contributed by atoms with E-state index in [-0.39, 0.29) is 5.91 Å². The first-order valence-electron chi connectivity index (χ1n) is 6.01. The molecule has 1 aliphatic heterocycles. The highest BCUT2D eigenvalue weighted by molar-refractivity contribution is 8.00. The number of amides is 1. The largest absolute Gasteiger partial charge is 0.352 e. The minimum Gasteiger partial charge on any atom is -0.352 e. The Balaban J connectivity index is 1.63. The molecule has 0 aromatic heterocycles. The number of thioether (sulfide) groups is 1. The molecule has 6 nitrogen and oxygen atoms in total. The number of rotatable bonds is 6. The van der Waals surface area contributed by atoms with Crippen LogP contribution < -0.4 is 5.32 Å². The zero-order chi connectivity index (χ0) is 13.6. The Kier molecular flexibility index (Phi) is 4.62. The number of hydrogen-bond acceptors (Lipinski definition) is 6. The standard InChI is InChI=1S/C12H15N5OS/c1-12(14-16-17-15-12)19-9-5-8-13-11(18)10-6-3-2-4-7-10/h2-4,6-7H,5,8-9H2,1H3,(H,13,18). The van der Waals surface area contributed by atoms with Crippen molar-refractivity contribution in [2.45, 2.75) is 18.3 Å². The van der Waals surface area contributed by atoms with E-state index < -0.39 is 4.99 Å². The Bertz CT molecular complexity index is 476. The molecule has 1 aliphatic rings. The van der Waals surface area contributed by atoms with Crippen LogP contribution in [0.1, 0.15) is 23.7 Å². The van der Waals surface area contributed by atoms with Crippen LogP contribution >= 0.6 is 11.8 Å². The van der Waals surface area contributed by atoms with Crippen LogP contribution in [-0.2, 0) is 0 Å². The smallest absolute Gasteiger partial charge is 0.251 e. The van der Waals surface area contributed by atoms with Crippen molar-refractivity contribution in [3.63, 3.8) is 0 Å². The van der Waals surface area contributed by atoms with E-state index in [0.717, 1.165) is 12.2 Å². The van der Waals surface area contributed by atoms with E-state index in [1.165, 1.54) is 0 Å². The van der Waals surface area contributed by atoms with Crippen LogP contribution in [0.4, 0.5) is 0 Å². The summed E-state index contributed by atoms with van der Waals surface area (Å²) in [5.74, 6) is 0.793. The zero-order valence-corrected chi connectivity index (χ0v) is 11.4. The van der Waals surface area contributed by atoms with Crippen LogP contribution in [0.5, 0.6) is 0 Å². The van der Waals surface area contributed by atoms with Gasteiger partial charge in [0.2, 0.25) is 4.99 Å². The van der Waals surface area contributed by atoms with E-state index in [0.29, 0.717) is 12.1 Å². The van der Waals surface area contributed by atoms with Gasteiger partial charge < -0.3 is 5.32 Å². The van der Waals surface area contributed by atoms with Gasteiger partial charge in [-0.15, -0.1) is 22.0 Å². The average Bonchev–Trinajstić information content (AvgIpc) is 2.86. The Morgan fingerprint density at radius 3 is 2.63 bits per heavy atom. The van der Waals surface area contributed by atoms with Crippen LogP contribution in [0.3, 0.4) is 0 Å². The normalized spacial score (nSPS) is 15.6. The predicted octanol–water partition coefficient (Wildman–Crippen LogP) is 3.05. The number of benzene rings is 1. The molecule has 0 atom stereocenters. The van der Waals surface area contributed by atoms with Crippen LogP contribution in [0.2, 0.25) is 0 Å². The topological polar surface area (TPSA) is 78.5 Å². The maximum Gasteiger partial charge on any atom is 0.251 e. The fraction of sp³-hybridized carbons (Fsp3) is 0.417. The fourth-order valence-corrected chi connectivity index (χ4v) is 2.38. The number of carbonyl (C=O) groups is 1. The molecule has 0 bridgehead atoms. The molecule has 0 saturated carbocycles. The summed E-state index contributed by atoms with van der Waals surface area (Å²) in [6.45, 7) is 2.49. The Morgan fingerprint density at radius 2 is 1.95 bits per heavy atom. The first-order valence-corrected chi connectivity index (χ1v) is 6.99. The number of nitrogens with one attached hydrogen (secondary N) is 1. The third-order valence-electron chi connectivity index (χ3n) is 2.52. The van der Waals surface area contributed by atoms with Crippen molar-refractivity contribution in [3.8, 4) is 0 Å². The summed E-state index contributed by atoms with van der Waals surface area (Å²) < 4.78 is 0. The van der Waals surface area contributed by atoms with Gasteiger partial charge in [0.25, 0.3) is 5.91 Å². The van der Waals surface area contributed by atoms with E-state index in [4.69, 9.17) is 0 Å². The molecule has 100 valence electrons. The highest BCUT2D eigenvalue weighted by Crippen LogP contribution is 2.32. The van der Waals surface area contributed by atoms with Gasteiger partial charge in [-0.25, -0.2) is 0 Å². The lowest BCUT2D eigenvalue weighted by Gasteiger charge is -2.12. The lowest BCUT2D eigenvalue weighted by atomic mass is 10.2. The molecule has 2 rings (SSSR count). The van der Waals surface area contributed by atoms with Crippen molar-refractivity contribution >= 4 is 17.7 Å². The zero-order valence-electron chi connectivity index (χ0n) is 10.6. The third kappa shape index (κ3) is 4.13. The molecule has 1 amide bonds. The van der Waals surface area contributed by atoms with Crippen molar-refractivity contribution in [1.29, 1.82) is 0 Å². The minimum atomic E-state index is -0.580. The van der Waals surface area contributed by atoms with Crippen LogP contribution in [-0.4, -0.2) is 23.2 Å². The molecule has 0 fully saturated rings. The van der Waals surface area contributed by atoms with Crippen molar-refractivity contribution < 1.29 is 4.79 Å². The van der Waals surface area contributed by atoms with Crippen molar-refractivity contribution in [2.75, 3.05) is 12.3 Å². The molecule has 1 heterocycles. The summed E-state index contributed by atoms with van der Waals surface area (Å²) in [6, 6.07) is 9.18. The first kappa shape index (κ1) is 13.7. The second kappa shape index (κ2) is 6.42. The Morgan fingerprint density at radius 1 is 1.26 bits per heavy atom. The molecule has 0 aliphatic carbocycles. The molecule has 1 aromatic rings. The van der Waals surface area contributed by atoms with Gasteiger partial charge in [0.1, 0.15) is 0 Å². The van der Waals surface area contributed by atoms with Gasteiger partial charge in [-0.2, -0.15) is 0 Å². The van der Waals surface area contributed by atoms with Crippen molar-refractivity contribution in [2.24, 2.45) is 20.7 Å².